The molecule has 1 saturated carbocycles. The summed E-state index contributed by atoms with van der Waals surface area (Å²) in [5.41, 5.74) is 6.67. The number of fused-ring (bicyclic) bond motifs is 1. The summed E-state index contributed by atoms with van der Waals surface area (Å²) in [5, 5.41) is 7.48. The summed E-state index contributed by atoms with van der Waals surface area (Å²) in [5.74, 6) is 1.41. The first kappa shape index (κ1) is 74.9. The molecule has 10 aromatic rings. The van der Waals surface area contributed by atoms with Gasteiger partial charge >= 0.3 is 0 Å². The molecule has 105 heavy (non-hydrogen) atoms. The summed E-state index contributed by atoms with van der Waals surface area (Å²) in [6.07, 6.45) is 16.8. The van der Waals surface area contributed by atoms with Crippen molar-refractivity contribution in [3.05, 3.63) is 221 Å². The Bertz CT molecular complexity index is 4960. The first-order valence-corrected chi connectivity index (χ1v) is 40.5. The van der Waals surface area contributed by atoms with Gasteiger partial charge in [-0.05, 0) is 171 Å². The Kier molecular flexibility index (Phi) is 24.2. The standard InChI is InChI=1S/C27H31N5O3S.C24H27ClN6O3S.C23H22ClN5O3S2.3H2/c33-27(26(22-8-4-5-9-22)21-6-2-1-3-7-21)32-18-16-31(17-19-32)23-10-12-24(13-11-23)36(34,35)30-25-14-15-28-20-29-25;1-17-15-19(25)3-8-22(17)28-18(2)24(32)31-13-11-30(12-14-31)20-4-6-21(7-5-20)35(33,34)29-23-9-10-26-16-27-23;24-19-13-18-7-11-29(22(18)26-14-19)15-21(30)28-9-5-17(6-10-28)16-1-3-20(4-2-16)34(31,32)27-23-25-8-12-33-23;;;/h1-3,6-7,10-15,20,22,26H,4-5,8-9,16-19H2,(H,28,29,30);3-10,15-16,18,28H,11-14H2,1-2H3,(H,26,27,29);1-4,7-8,11-14,17H,5-6,9-10,15H2,(H,25,27);3*1H. The van der Waals surface area contributed by atoms with E-state index in [0.717, 1.165) is 70.5 Å². The number of nitrogens with one attached hydrogen (secondary N) is 4. The van der Waals surface area contributed by atoms with Crippen LogP contribution >= 0.6 is 34.5 Å². The average molecular weight is 1540 g/mol. The molecule has 2 unspecified atom stereocenters. The second-order valence-electron chi connectivity index (χ2n) is 25.9. The number of nitrogens with zero attached hydrogens (tertiary/aromatic N) is 12. The maximum atomic E-state index is 13.7. The lowest BCUT2D eigenvalue weighted by molar-refractivity contribution is -0.134. The predicted molar refractivity (Wildman–Crippen MR) is 416 cm³/mol. The minimum atomic E-state index is -3.75. The number of piperazine rings is 2. The van der Waals surface area contributed by atoms with Crippen LogP contribution in [0.2, 0.25) is 10.0 Å². The van der Waals surface area contributed by atoms with E-state index in [2.05, 4.69) is 71.3 Å². The zero-order valence-electron chi connectivity index (χ0n) is 57.7. The van der Waals surface area contributed by atoms with Crippen LogP contribution < -0.4 is 29.3 Å². The van der Waals surface area contributed by atoms with Crippen LogP contribution in [0.1, 0.15) is 78.3 Å². The van der Waals surface area contributed by atoms with Gasteiger partial charge in [-0.25, -0.2) is 55.2 Å². The van der Waals surface area contributed by atoms with E-state index in [-0.39, 0.29) is 72.7 Å². The summed E-state index contributed by atoms with van der Waals surface area (Å²) >= 11 is 13.2. The van der Waals surface area contributed by atoms with Crippen LogP contribution in [0.5, 0.6) is 0 Å². The van der Waals surface area contributed by atoms with E-state index in [4.69, 9.17) is 23.2 Å². The van der Waals surface area contributed by atoms with E-state index in [1.54, 1.807) is 72.4 Å². The van der Waals surface area contributed by atoms with Gasteiger partial charge in [-0.1, -0.05) is 78.5 Å². The molecule has 0 radical (unpaired) electrons. The van der Waals surface area contributed by atoms with Crippen molar-refractivity contribution in [3.8, 4) is 0 Å². The van der Waals surface area contributed by atoms with Gasteiger partial charge in [0, 0.05) is 134 Å². The largest absolute Gasteiger partial charge is 0.374 e. The summed E-state index contributed by atoms with van der Waals surface area (Å²) < 4.78 is 84.8. The second kappa shape index (κ2) is 34.0. The number of hydrogen-bond acceptors (Lipinski definition) is 19. The fourth-order valence-electron chi connectivity index (χ4n) is 13.5. The van der Waals surface area contributed by atoms with E-state index < -0.39 is 30.1 Å². The van der Waals surface area contributed by atoms with Crippen molar-refractivity contribution in [2.24, 2.45) is 5.92 Å². The van der Waals surface area contributed by atoms with Crippen molar-refractivity contribution >= 4 is 127 Å². The summed E-state index contributed by atoms with van der Waals surface area (Å²) in [6.45, 7) is 10.6. The minimum Gasteiger partial charge on any atom is -0.374 e. The van der Waals surface area contributed by atoms with Gasteiger partial charge in [-0.2, -0.15) is 0 Å². The second-order valence-corrected chi connectivity index (χ2v) is 32.8. The fourth-order valence-corrected chi connectivity index (χ4v) is 17.7. The van der Waals surface area contributed by atoms with Gasteiger partial charge in [0.2, 0.25) is 17.7 Å². The smallest absolute Gasteiger partial charge is 0.263 e. The lowest BCUT2D eigenvalue weighted by atomic mass is 9.83. The number of thiazole rings is 1. The van der Waals surface area contributed by atoms with Gasteiger partial charge < -0.3 is 34.4 Å². The predicted octanol–water partition coefficient (Wildman–Crippen LogP) is 12.4. The number of rotatable bonds is 20. The monoisotopic (exact) mass is 1540 g/mol. The van der Waals surface area contributed by atoms with Crippen LogP contribution in [0.25, 0.3) is 11.0 Å². The third-order valence-corrected chi connectivity index (χ3v) is 24.5. The molecule has 3 saturated heterocycles. The molecule has 0 bridgehead atoms. The molecule has 4 fully saturated rings. The molecular formula is C74H86Cl2N16O9S4. The summed E-state index contributed by atoms with van der Waals surface area (Å²) in [6, 6.07) is 42.6. The Labute approximate surface area is 629 Å². The molecule has 4 N–H and O–H groups in total. The Morgan fingerprint density at radius 1 is 0.562 bits per heavy atom. The van der Waals surface area contributed by atoms with E-state index in [1.807, 2.05) is 106 Å². The molecule has 8 heterocycles. The van der Waals surface area contributed by atoms with Crippen molar-refractivity contribution in [1.29, 1.82) is 0 Å². The van der Waals surface area contributed by atoms with Crippen LogP contribution in [0, 0.1) is 12.8 Å². The van der Waals surface area contributed by atoms with Crippen LogP contribution in [-0.2, 0) is 51.0 Å². The maximum absolute atomic E-state index is 13.7. The van der Waals surface area contributed by atoms with Crippen LogP contribution in [-0.4, -0.2) is 164 Å². The number of carbonyl (C=O) groups excluding carboxylic acids is 3. The number of anilines is 6. The highest BCUT2D eigenvalue weighted by molar-refractivity contribution is 7.93. The number of amides is 3. The van der Waals surface area contributed by atoms with Gasteiger partial charge in [-0.3, -0.25) is 28.5 Å². The Hall–Kier alpha value is -9.78. The van der Waals surface area contributed by atoms with Crippen molar-refractivity contribution in [1.82, 2.24) is 49.2 Å². The molecular weight excluding hydrogens is 1460 g/mol. The molecule has 4 aliphatic rings. The van der Waals surface area contributed by atoms with E-state index in [0.29, 0.717) is 86.5 Å². The molecule has 5 aromatic heterocycles. The van der Waals surface area contributed by atoms with Gasteiger partial charge in [0.15, 0.2) is 5.13 Å². The SMILES string of the molecule is Cc1cc(Cl)ccc1NC(C)C(=O)N1CCN(c2ccc(S(=O)(=O)Nc3ccncn3)cc2)CC1.O=C(C(c1ccccc1)C1CCCC1)N1CCN(c2ccc(S(=O)(=O)Nc3ccncn3)cc2)CC1.O=C(Cn1ccc2cc(Cl)cnc21)N1CCC(c2ccc(S(=O)(=O)Nc3nccs3)cc2)CC1.[HH].[HH].[HH]. The Morgan fingerprint density at radius 3 is 1.63 bits per heavy atom. The van der Waals surface area contributed by atoms with Crippen molar-refractivity contribution in [3.63, 3.8) is 0 Å². The van der Waals surface area contributed by atoms with Gasteiger partial charge in [0.1, 0.15) is 42.5 Å². The minimum absolute atomic E-state index is 0. The Morgan fingerprint density at radius 2 is 1.10 bits per heavy atom. The number of benzene rings is 5. The first-order chi connectivity index (χ1) is 50.6. The van der Waals surface area contributed by atoms with E-state index in [1.165, 1.54) is 61.4 Å². The normalized spacial score (nSPS) is 15.9. The molecule has 1 aliphatic carbocycles. The molecule has 3 aliphatic heterocycles. The molecule has 31 heteroatoms. The third-order valence-electron chi connectivity index (χ3n) is 19.1. The number of sulfonamides is 3. The van der Waals surface area contributed by atoms with E-state index >= 15 is 0 Å². The summed E-state index contributed by atoms with van der Waals surface area (Å²) in [7, 11) is -11.1. The highest BCUT2D eigenvalue weighted by Crippen LogP contribution is 2.39. The van der Waals surface area contributed by atoms with E-state index in [9.17, 15) is 39.6 Å². The fraction of sp³-hybridized carbons (Fsp3) is 0.311. The molecule has 14 rings (SSSR count). The Balaban J connectivity index is 0.000000184. The number of likely N-dealkylation sites (tertiary alicyclic amines) is 1. The highest BCUT2D eigenvalue weighted by atomic mass is 35.5. The number of aromatic nitrogens is 7. The lowest BCUT2D eigenvalue weighted by Gasteiger charge is -2.38. The van der Waals surface area contributed by atoms with Crippen LogP contribution in [0.4, 0.5) is 33.8 Å². The van der Waals surface area contributed by atoms with Crippen molar-refractivity contribution in [2.75, 3.05) is 94.7 Å². The maximum Gasteiger partial charge on any atom is 0.263 e. The van der Waals surface area contributed by atoms with Gasteiger partial charge in [-0.15, -0.1) is 11.3 Å². The number of piperidine rings is 1. The number of halogens is 2. The molecule has 3 amide bonds. The molecule has 2 atom stereocenters. The average Bonchev–Trinajstić information content (AvgIpc) is 1.75. The van der Waals surface area contributed by atoms with Gasteiger partial charge in [0.05, 0.1) is 25.6 Å². The topological polar surface area (TPSA) is 300 Å². The number of aryl methyl sites for hydroxylation is 1. The first-order valence-electron chi connectivity index (χ1n) is 34.5. The summed E-state index contributed by atoms with van der Waals surface area (Å²) in [4.78, 5) is 73.8. The van der Waals surface area contributed by atoms with Crippen molar-refractivity contribution < 1.29 is 43.9 Å². The zero-order valence-corrected chi connectivity index (χ0v) is 62.5. The lowest BCUT2D eigenvalue weighted by Crippen LogP contribution is -2.52. The quantitative estimate of drug-likeness (QED) is 0.0551. The van der Waals surface area contributed by atoms with Crippen LogP contribution in [0.3, 0.4) is 0 Å². The number of hydrogen-bond donors (Lipinski definition) is 4. The highest BCUT2D eigenvalue weighted by Gasteiger charge is 2.36. The number of carbonyl (C=O) groups is 3. The third kappa shape index (κ3) is 19.2. The van der Waals surface area contributed by atoms with Crippen LogP contribution in [0.15, 0.2) is 209 Å². The van der Waals surface area contributed by atoms with Gasteiger partial charge in [0.25, 0.3) is 30.1 Å². The molecule has 554 valence electrons. The molecule has 5 aromatic carbocycles. The molecule has 0 spiro atoms. The zero-order chi connectivity index (χ0) is 73.7. The van der Waals surface area contributed by atoms with Crippen molar-refractivity contribution in [2.45, 2.75) is 91.5 Å². The number of pyridine rings is 1. The molecule has 25 nitrogen and oxygen atoms in total.